The molecule has 0 radical (unpaired) electrons. The fourth-order valence-corrected chi connectivity index (χ4v) is 3.34. The van der Waals surface area contributed by atoms with Crippen LogP contribution in [-0.2, 0) is 0 Å². The van der Waals surface area contributed by atoms with E-state index in [1.54, 1.807) is 0 Å². The van der Waals surface area contributed by atoms with Crippen LogP contribution in [0.2, 0.25) is 5.02 Å². The van der Waals surface area contributed by atoms with Gasteiger partial charge in [-0.3, -0.25) is 4.90 Å². The Balaban J connectivity index is 1.96. The third-order valence-corrected chi connectivity index (χ3v) is 4.55. The van der Waals surface area contributed by atoms with Gasteiger partial charge in [0.25, 0.3) is 0 Å². The van der Waals surface area contributed by atoms with E-state index < -0.39 is 6.10 Å². The smallest absolute Gasteiger partial charge is 0.100 e. The van der Waals surface area contributed by atoms with E-state index in [-0.39, 0.29) is 6.04 Å². The lowest BCUT2D eigenvalue weighted by Crippen LogP contribution is -2.46. The maximum atomic E-state index is 11.0. The third-order valence-electron chi connectivity index (χ3n) is 4.21. The topological polar surface area (TPSA) is 35.5 Å². The van der Waals surface area contributed by atoms with Crippen LogP contribution in [0, 0.1) is 0 Å². The summed E-state index contributed by atoms with van der Waals surface area (Å²) in [6.07, 6.45) is -0.644. The van der Waals surface area contributed by atoms with Gasteiger partial charge in [0, 0.05) is 36.8 Å². The van der Waals surface area contributed by atoms with Crippen molar-refractivity contribution in [2.45, 2.75) is 12.1 Å². The molecule has 4 heteroatoms. The van der Waals surface area contributed by atoms with Gasteiger partial charge in [-0.25, -0.2) is 0 Å². The SMILES string of the molecule is O[C@@H](c1ccccc1Cl)[C@H](c1ccccc1)N1CCNCC1. The summed E-state index contributed by atoms with van der Waals surface area (Å²) in [5, 5.41) is 15.0. The Kier molecular flexibility index (Phi) is 5.11. The number of benzene rings is 2. The molecule has 1 saturated heterocycles. The van der Waals surface area contributed by atoms with Crippen molar-refractivity contribution in [3.63, 3.8) is 0 Å². The van der Waals surface area contributed by atoms with Gasteiger partial charge >= 0.3 is 0 Å². The largest absolute Gasteiger partial charge is 0.386 e. The first-order valence-corrected chi connectivity index (χ1v) is 8.07. The normalized spacial score (nSPS) is 18.8. The van der Waals surface area contributed by atoms with Crippen LogP contribution in [0.3, 0.4) is 0 Å². The number of aliphatic hydroxyl groups is 1. The molecular formula is C18H21ClN2O. The summed E-state index contributed by atoms with van der Waals surface area (Å²) in [7, 11) is 0. The summed E-state index contributed by atoms with van der Waals surface area (Å²) in [6, 6.07) is 17.7. The molecule has 1 fully saturated rings. The summed E-state index contributed by atoms with van der Waals surface area (Å²) < 4.78 is 0. The molecule has 0 unspecified atom stereocenters. The molecule has 0 saturated carbocycles. The summed E-state index contributed by atoms with van der Waals surface area (Å²) in [5.74, 6) is 0. The number of aliphatic hydroxyl groups excluding tert-OH is 1. The number of halogens is 1. The van der Waals surface area contributed by atoms with E-state index in [0.29, 0.717) is 5.02 Å². The second kappa shape index (κ2) is 7.25. The van der Waals surface area contributed by atoms with Crippen molar-refractivity contribution in [3.05, 3.63) is 70.7 Å². The van der Waals surface area contributed by atoms with Crippen molar-refractivity contribution in [1.29, 1.82) is 0 Å². The van der Waals surface area contributed by atoms with Crippen LogP contribution in [0.5, 0.6) is 0 Å². The molecule has 2 aromatic carbocycles. The molecule has 2 atom stereocenters. The van der Waals surface area contributed by atoms with Crippen LogP contribution >= 0.6 is 11.6 Å². The van der Waals surface area contributed by atoms with Crippen molar-refractivity contribution in [3.8, 4) is 0 Å². The van der Waals surface area contributed by atoms with E-state index in [1.165, 1.54) is 0 Å². The monoisotopic (exact) mass is 316 g/mol. The van der Waals surface area contributed by atoms with Crippen molar-refractivity contribution in [2.24, 2.45) is 0 Å². The lowest BCUT2D eigenvalue weighted by Gasteiger charge is -2.38. The van der Waals surface area contributed by atoms with Gasteiger partial charge in [-0.2, -0.15) is 0 Å². The number of rotatable bonds is 4. The molecule has 2 N–H and O–H groups in total. The van der Waals surface area contributed by atoms with Crippen LogP contribution in [0.4, 0.5) is 0 Å². The van der Waals surface area contributed by atoms with Crippen molar-refractivity contribution in [2.75, 3.05) is 26.2 Å². The summed E-state index contributed by atoms with van der Waals surface area (Å²) in [4.78, 5) is 2.33. The molecule has 0 aromatic heterocycles. The van der Waals surface area contributed by atoms with E-state index in [4.69, 9.17) is 11.6 Å². The fourth-order valence-electron chi connectivity index (χ4n) is 3.09. The lowest BCUT2D eigenvalue weighted by molar-refractivity contribution is 0.0402. The Labute approximate surface area is 136 Å². The highest BCUT2D eigenvalue weighted by atomic mass is 35.5. The van der Waals surface area contributed by atoms with E-state index in [0.717, 1.165) is 37.3 Å². The highest BCUT2D eigenvalue weighted by Gasteiger charge is 2.30. The zero-order chi connectivity index (χ0) is 15.4. The van der Waals surface area contributed by atoms with Crippen molar-refractivity contribution < 1.29 is 5.11 Å². The molecule has 116 valence electrons. The third kappa shape index (κ3) is 3.33. The van der Waals surface area contributed by atoms with E-state index in [2.05, 4.69) is 22.3 Å². The maximum Gasteiger partial charge on any atom is 0.100 e. The van der Waals surface area contributed by atoms with E-state index >= 15 is 0 Å². The van der Waals surface area contributed by atoms with Gasteiger partial charge < -0.3 is 10.4 Å². The average Bonchev–Trinajstić information content (AvgIpc) is 2.57. The quantitative estimate of drug-likeness (QED) is 0.910. The molecule has 1 aliphatic heterocycles. The van der Waals surface area contributed by atoms with Crippen LogP contribution in [0.15, 0.2) is 54.6 Å². The van der Waals surface area contributed by atoms with Crippen LogP contribution < -0.4 is 5.32 Å². The highest BCUT2D eigenvalue weighted by Crippen LogP contribution is 2.36. The second-order valence-electron chi connectivity index (χ2n) is 5.61. The predicted octanol–water partition coefficient (Wildman–Crippen LogP) is 3.02. The number of nitrogens with one attached hydrogen (secondary N) is 1. The molecule has 1 heterocycles. The minimum Gasteiger partial charge on any atom is -0.386 e. The van der Waals surface area contributed by atoms with E-state index in [9.17, 15) is 5.11 Å². The zero-order valence-electron chi connectivity index (χ0n) is 12.5. The van der Waals surface area contributed by atoms with Crippen LogP contribution in [-0.4, -0.2) is 36.2 Å². The minimum absolute atomic E-state index is 0.0804. The molecule has 22 heavy (non-hydrogen) atoms. The summed E-state index contributed by atoms with van der Waals surface area (Å²) >= 11 is 6.30. The van der Waals surface area contributed by atoms with Gasteiger partial charge in [-0.15, -0.1) is 0 Å². The molecule has 3 nitrogen and oxygen atoms in total. The van der Waals surface area contributed by atoms with Crippen LogP contribution in [0.1, 0.15) is 23.3 Å². The Morgan fingerprint density at radius 3 is 2.27 bits per heavy atom. The highest BCUT2D eigenvalue weighted by molar-refractivity contribution is 6.31. The van der Waals surface area contributed by atoms with Crippen molar-refractivity contribution in [1.82, 2.24) is 10.2 Å². The molecule has 0 spiro atoms. The maximum absolute atomic E-state index is 11.0. The van der Waals surface area contributed by atoms with Gasteiger partial charge in [-0.05, 0) is 11.6 Å². The van der Waals surface area contributed by atoms with Crippen LogP contribution in [0.25, 0.3) is 0 Å². The molecule has 1 aliphatic rings. The van der Waals surface area contributed by atoms with Gasteiger partial charge in [0.2, 0.25) is 0 Å². The number of hydrogen-bond donors (Lipinski definition) is 2. The molecule has 3 rings (SSSR count). The van der Waals surface area contributed by atoms with Gasteiger partial charge in [-0.1, -0.05) is 60.1 Å². The Hall–Kier alpha value is -1.39. The Morgan fingerprint density at radius 1 is 0.955 bits per heavy atom. The first-order chi connectivity index (χ1) is 10.8. The minimum atomic E-state index is -0.644. The first-order valence-electron chi connectivity index (χ1n) is 7.69. The van der Waals surface area contributed by atoms with Gasteiger partial charge in [0.05, 0.1) is 6.04 Å². The summed E-state index contributed by atoms with van der Waals surface area (Å²) in [6.45, 7) is 3.72. The number of hydrogen-bond acceptors (Lipinski definition) is 3. The van der Waals surface area contributed by atoms with Gasteiger partial charge in [0.1, 0.15) is 6.10 Å². The Bertz CT molecular complexity index is 599. The zero-order valence-corrected chi connectivity index (χ0v) is 13.2. The molecule has 0 amide bonds. The number of nitrogens with zero attached hydrogens (tertiary/aromatic N) is 1. The lowest BCUT2D eigenvalue weighted by atomic mass is 9.94. The van der Waals surface area contributed by atoms with E-state index in [1.807, 2.05) is 42.5 Å². The average molecular weight is 317 g/mol. The fraction of sp³-hybridized carbons (Fsp3) is 0.333. The standard InChI is InChI=1S/C18H21ClN2O/c19-16-9-5-4-8-15(16)18(22)17(14-6-2-1-3-7-14)21-12-10-20-11-13-21/h1-9,17-18,20,22H,10-13H2/t17-,18-/m0/s1. The predicted molar refractivity (Wildman–Crippen MR) is 90.0 cm³/mol. The first kappa shape index (κ1) is 15.5. The van der Waals surface area contributed by atoms with Crippen molar-refractivity contribution >= 4 is 11.6 Å². The van der Waals surface area contributed by atoms with Gasteiger partial charge in [0.15, 0.2) is 0 Å². The Morgan fingerprint density at radius 2 is 1.59 bits per heavy atom. The molecule has 2 aromatic rings. The second-order valence-corrected chi connectivity index (χ2v) is 6.02. The molecular weight excluding hydrogens is 296 g/mol. The summed E-state index contributed by atoms with van der Waals surface area (Å²) in [5.41, 5.74) is 1.91. The molecule has 0 aliphatic carbocycles. The number of piperazine rings is 1. The molecule has 0 bridgehead atoms.